The number of imide groups is 2. The molecule has 0 spiro atoms. The minimum Gasteiger partial charge on any atom is -0.493 e. The second kappa shape index (κ2) is 19.3. The van der Waals surface area contributed by atoms with E-state index >= 15 is 0 Å². The Labute approximate surface area is 384 Å². The Bertz CT molecular complexity index is 2580. The third-order valence-corrected chi connectivity index (χ3v) is 14.0. The average Bonchev–Trinajstić information content (AvgIpc) is 3.77. The van der Waals surface area contributed by atoms with Crippen molar-refractivity contribution in [1.82, 2.24) is 29.8 Å². The maximum atomic E-state index is 14.3. The first-order valence-corrected chi connectivity index (χ1v) is 24.1. The van der Waals surface area contributed by atoms with E-state index in [2.05, 4.69) is 37.2 Å². The lowest BCUT2D eigenvalue weighted by atomic mass is 9.93. The van der Waals surface area contributed by atoms with Gasteiger partial charge in [0.05, 0.1) is 53.7 Å². The number of rotatable bonds is 15. The molecule has 1 N–H and O–H groups in total. The molecule has 65 heavy (non-hydrogen) atoms. The van der Waals surface area contributed by atoms with Gasteiger partial charge in [-0.1, -0.05) is 24.3 Å². The minimum absolute atomic E-state index is 0.237. The number of likely N-dealkylation sites (tertiary alicyclic amines) is 1. The summed E-state index contributed by atoms with van der Waals surface area (Å²) in [6.45, 7) is 9.86. The highest BCUT2D eigenvalue weighted by Gasteiger charge is 2.43. The molecule has 2 unspecified atom stereocenters. The van der Waals surface area contributed by atoms with Gasteiger partial charge in [-0.2, -0.15) is 16.9 Å². The summed E-state index contributed by atoms with van der Waals surface area (Å²) in [7, 11) is 3.46. The van der Waals surface area contributed by atoms with Crippen LogP contribution >= 0.6 is 11.8 Å². The molecule has 4 aliphatic rings. The van der Waals surface area contributed by atoms with Crippen molar-refractivity contribution in [3.05, 3.63) is 107 Å². The van der Waals surface area contributed by atoms with Crippen molar-refractivity contribution in [2.24, 2.45) is 13.0 Å². The van der Waals surface area contributed by atoms with Gasteiger partial charge in [-0.25, -0.2) is 0 Å². The summed E-state index contributed by atoms with van der Waals surface area (Å²) in [4.78, 5) is 61.4. The molecular formula is C50H57N7O7S. The summed E-state index contributed by atoms with van der Waals surface area (Å²) in [5.41, 5.74) is 5.45. The zero-order valence-electron chi connectivity index (χ0n) is 37.6. The SMILES string of the molecule is CCOc1cc(C(CSC)N2C(=O)c3cccc(N4CCN(CC5CCN(Cc6ccc(Oc7ccc8c(C9CCC(=O)NC9=O)nn(C)c8c7)cc6)CC5)CC4)c3C2=O)ccc1OC. The number of nitrogens with one attached hydrogen (secondary N) is 1. The van der Waals surface area contributed by atoms with Crippen LogP contribution in [0.1, 0.15) is 82.1 Å². The van der Waals surface area contributed by atoms with Crippen LogP contribution in [0.2, 0.25) is 0 Å². The highest BCUT2D eigenvalue weighted by molar-refractivity contribution is 7.98. The van der Waals surface area contributed by atoms with Gasteiger partial charge < -0.3 is 19.1 Å². The first-order valence-electron chi connectivity index (χ1n) is 22.7. The lowest BCUT2D eigenvalue weighted by Gasteiger charge is -2.40. The van der Waals surface area contributed by atoms with Gasteiger partial charge in [0.25, 0.3) is 11.8 Å². The second-order valence-electron chi connectivity index (χ2n) is 17.4. The van der Waals surface area contributed by atoms with Crippen LogP contribution in [-0.2, 0) is 23.2 Å². The number of nitrogens with zero attached hydrogens (tertiary/aromatic N) is 6. The van der Waals surface area contributed by atoms with Crippen LogP contribution in [0.15, 0.2) is 78.9 Å². The van der Waals surface area contributed by atoms with E-state index in [0.717, 1.165) is 93.1 Å². The first-order chi connectivity index (χ1) is 31.6. The second-order valence-corrected chi connectivity index (χ2v) is 18.3. The summed E-state index contributed by atoms with van der Waals surface area (Å²) < 4.78 is 19.4. The Morgan fingerprint density at radius 3 is 2.32 bits per heavy atom. The van der Waals surface area contributed by atoms with Gasteiger partial charge >= 0.3 is 0 Å². The Balaban J connectivity index is 0.754. The highest BCUT2D eigenvalue weighted by Crippen LogP contribution is 2.40. The topological polar surface area (TPSA) is 139 Å². The number of anilines is 1. The van der Waals surface area contributed by atoms with Crippen LogP contribution in [0.4, 0.5) is 5.69 Å². The van der Waals surface area contributed by atoms with Crippen LogP contribution in [0.25, 0.3) is 10.9 Å². The molecular weight excluding hydrogens is 843 g/mol. The highest BCUT2D eigenvalue weighted by atomic mass is 32.2. The van der Waals surface area contributed by atoms with Crippen LogP contribution in [-0.4, -0.2) is 120 Å². The fourth-order valence-electron chi connectivity index (χ4n) is 9.94. The van der Waals surface area contributed by atoms with E-state index in [9.17, 15) is 19.2 Å². The Morgan fingerprint density at radius 2 is 1.60 bits per heavy atom. The zero-order chi connectivity index (χ0) is 45.2. The van der Waals surface area contributed by atoms with Crippen molar-refractivity contribution < 1.29 is 33.4 Å². The number of aryl methyl sites for hydroxylation is 1. The van der Waals surface area contributed by atoms with Crippen molar-refractivity contribution in [2.45, 2.75) is 51.1 Å². The van der Waals surface area contributed by atoms with E-state index in [-0.39, 0.29) is 23.6 Å². The molecule has 3 fully saturated rings. The van der Waals surface area contributed by atoms with Crippen LogP contribution in [0, 0.1) is 5.92 Å². The van der Waals surface area contributed by atoms with E-state index in [0.29, 0.717) is 65.2 Å². The minimum atomic E-state index is -0.452. The standard InChI is InChI=1S/C50H57N7O7S/c1-5-63-44-27-34(11-17-43(44)62-3)42(31-65-4)57-49(60)38-7-6-8-40(46(38)50(57)61)56-25-23-55(24-26-56)30-33-19-21-54(22-20-33)29-32-9-12-35(13-10-32)64-36-14-15-37-41(28-36)53(2)52-47(37)39-16-18-45(58)51-48(39)59/h6-15,17,27-28,33,39,42H,5,16,18-26,29-31H2,1-4H3,(H,51,58,59). The lowest BCUT2D eigenvalue weighted by Crippen LogP contribution is -2.49. The number of hydrogen-bond acceptors (Lipinski definition) is 12. The Morgan fingerprint density at radius 1 is 0.831 bits per heavy atom. The quantitative estimate of drug-likeness (QED) is 0.108. The molecule has 14 nitrogen and oxygen atoms in total. The van der Waals surface area contributed by atoms with Crippen LogP contribution in [0.5, 0.6) is 23.0 Å². The number of aromatic nitrogens is 2. The van der Waals surface area contributed by atoms with Gasteiger partial charge in [0.15, 0.2) is 11.5 Å². The zero-order valence-corrected chi connectivity index (χ0v) is 38.4. The summed E-state index contributed by atoms with van der Waals surface area (Å²) in [5.74, 6) is 2.37. The van der Waals surface area contributed by atoms with Gasteiger partial charge in [-0.3, -0.25) is 43.9 Å². The van der Waals surface area contributed by atoms with Crippen molar-refractivity contribution in [2.75, 3.05) is 76.4 Å². The number of carbonyl (C=O) groups is 4. The molecule has 340 valence electrons. The monoisotopic (exact) mass is 899 g/mol. The van der Waals surface area contributed by atoms with Gasteiger partial charge in [0, 0.05) is 69.9 Å². The molecule has 3 saturated heterocycles. The molecule has 5 heterocycles. The molecule has 9 rings (SSSR count). The fraction of sp³-hybridized carbons (Fsp3) is 0.420. The fourth-order valence-corrected chi connectivity index (χ4v) is 10.6. The van der Waals surface area contributed by atoms with Gasteiger partial charge in [-0.15, -0.1) is 0 Å². The molecule has 2 atom stereocenters. The molecule has 0 saturated carbocycles. The molecule has 4 aromatic carbocycles. The molecule has 0 aliphatic carbocycles. The molecule has 0 bridgehead atoms. The van der Waals surface area contributed by atoms with Crippen molar-refractivity contribution in [3.8, 4) is 23.0 Å². The molecule has 1 aromatic heterocycles. The van der Waals surface area contributed by atoms with Gasteiger partial charge in [0.1, 0.15) is 11.5 Å². The smallest absolute Gasteiger partial charge is 0.264 e. The maximum absolute atomic E-state index is 14.3. The molecule has 0 radical (unpaired) electrons. The number of fused-ring (bicyclic) bond motifs is 2. The Kier molecular flexibility index (Phi) is 13.1. The molecule has 4 amide bonds. The molecule has 4 aliphatic heterocycles. The van der Waals surface area contributed by atoms with Crippen LogP contribution < -0.4 is 24.4 Å². The third kappa shape index (κ3) is 9.18. The Hall–Kier alpha value is -5.90. The van der Waals surface area contributed by atoms with E-state index in [1.165, 1.54) is 10.5 Å². The third-order valence-electron chi connectivity index (χ3n) is 13.4. The van der Waals surface area contributed by atoms with E-state index in [1.54, 1.807) is 29.6 Å². The number of benzene rings is 4. The maximum Gasteiger partial charge on any atom is 0.264 e. The number of methoxy groups -OCH3 is 1. The number of carbonyl (C=O) groups excluding carboxylic acids is 4. The number of piperidine rings is 2. The van der Waals surface area contributed by atoms with E-state index in [1.807, 2.05) is 80.9 Å². The summed E-state index contributed by atoms with van der Waals surface area (Å²) in [6, 6.07) is 25.0. The molecule has 5 aromatic rings. The van der Waals surface area contributed by atoms with Crippen molar-refractivity contribution >= 4 is 52.0 Å². The van der Waals surface area contributed by atoms with Crippen molar-refractivity contribution in [1.29, 1.82) is 0 Å². The summed E-state index contributed by atoms with van der Waals surface area (Å²) in [6.07, 6.45) is 5.06. The van der Waals surface area contributed by atoms with E-state index in [4.69, 9.17) is 14.2 Å². The lowest BCUT2D eigenvalue weighted by molar-refractivity contribution is -0.134. The van der Waals surface area contributed by atoms with Crippen LogP contribution in [0.3, 0.4) is 0 Å². The van der Waals surface area contributed by atoms with Gasteiger partial charge in [-0.05, 0) is 111 Å². The predicted molar refractivity (Wildman–Crippen MR) is 251 cm³/mol. The first kappa shape index (κ1) is 44.3. The van der Waals surface area contributed by atoms with E-state index < -0.39 is 12.0 Å². The predicted octanol–water partition coefficient (Wildman–Crippen LogP) is 7.03. The largest absolute Gasteiger partial charge is 0.493 e. The van der Waals surface area contributed by atoms with Crippen molar-refractivity contribution in [3.63, 3.8) is 0 Å². The molecule has 15 heteroatoms. The average molecular weight is 900 g/mol. The normalized spacial score (nSPS) is 19.2. The number of ether oxygens (including phenoxy) is 3. The summed E-state index contributed by atoms with van der Waals surface area (Å²) in [5, 5.41) is 7.97. The number of piperazine rings is 1. The number of thioether (sulfide) groups is 1. The number of hydrogen-bond donors (Lipinski definition) is 1. The summed E-state index contributed by atoms with van der Waals surface area (Å²) >= 11 is 1.60. The number of amides is 4. The van der Waals surface area contributed by atoms with Gasteiger partial charge in [0.2, 0.25) is 11.8 Å².